The van der Waals surface area contributed by atoms with Gasteiger partial charge in [-0.25, -0.2) is 15.0 Å². The first-order valence-electron chi connectivity index (χ1n) is 19.9. The predicted molar refractivity (Wildman–Crippen MR) is 219 cm³/mol. The zero-order chi connectivity index (χ0) is 36.3. The molecule has 2 heterocycles. The van der Waals surface area contributed by atoms with Crippen LogP contribution in [0.15, 0.2) is 133 Å². The lowest BCUT2D eigenvalue weighted by molar-refractivity contribution is 0.318. The van der Waals surface area contributed by atoms with E-state index in [1.807, 2.05) is 0 Å². The fourth-order valence-corrected chi connectivity index (χ4v) is 10.1. The molecule has 6 aromatic rings. The van der Waals surface area contributed by atoms with Crippen LogP contribution in [-0.4, -0.2) is 15.0 Å². The van der Waals surface area contributed by atoms with E-state index in [4.69, 9.17) is 19.7 Å². The third-order valence-electron chi connectivity index (χ3n) is 12.7. The smallest absolute Gasteiger partial charge is 0.164 e. The van der Waals surface area contributed by atoms with Gasteiger partial charge in [0.15, 0.2) is 11.6 Å². The molecule has 0 amide bonds. The molecule has 266 valence electrons. The van der Waals surface area contributed by atoms with Crippen molar-refractivity contribution in [1.29, 1.82) is 0 Å². The zero-order valence-electron chi connectivity index (χ0n) is 31.2. The Morgan fingerprint density at radius 3 is 2.04 bits per heavy atom. The van der Waals surface area contributed by atoms with Crippen molar-refractivity contribution in [3.8, 4) is 45.1 Å². The van der Waals surface area contributed by atoms with Crippen LogP contribution in [0.25, 0.3) is 39.2 Å². The molecule has 4 aliphatic rings. The SMILES string of the molecule is CCC1CCCCC(C)(c2nc(C3=CC=CCC3)nc(-c3ccccc3-c3cccc4c3-c3ccccc3C43c4ccccc4Oc4ccccc43)n2)C1. The number of aromatic nitrogens is 3. The Labute approximate surface area is 318 Å². The van der Waals surface area contributed by atoms with Gasteiger partial charge in [0.1, 0.15) is 17.3 Å². The van der Waals surface area contributed by atoms with Crippen LogP contribution in [-0.2, 0) is 10.8 Å². The van der Waals surface area contributed by atoms with E-state index in [9.17, 15) is 0 Å². The molecule has 5 aromatic carbocycles. The van der Waals surface area contributed by atoms with Crippen LogP contribution in [0, 0.1) is 5.92 Å². The molecule has 1 saturated carbocycles. The van der Waals surface area contributed by atoms with Crippen molar-refractivity contribution in [2.45, 2.75) is 76.0 Å². The second kappa shape index (κ2) is 13.1. The molecule has 1 aliphatic heterocycles. The molecule has 4 heteroatoms. The molecule has 10 rings (SSSR count). The van der Waals surface area contributed by atoms with E-state index >= 15 is 0 Å². The van der Waals surface area contributed by atoms with Gasteiger partial charge >= 0.3 is 0 Å². The van der Waals surface area contributed by atoms with Gasteiger partial charge in [0, 0.05) is 22.1 Å². The first-order valence-corrected chi connectivity index (χ1v) is 19.9. The topological polar surface area (TPSA) is 47.9 Å². The Morgan fingerprint density at radius 1 is 0.648 bits per heavy atom. The van der Waals surface area contributed by atoms with Gasteiger partial charge in [-0.3, -0.25) is 0 Å². The van der Waals surface area contributed by atoms with Crippen molar-refractivity contribution in [2.24, 2.45) is 5.92 Å². The van der Waals surface area contributed by atoms with E-state index in [1.165, 1.54) is 70.2 Å². The standard InChI is InChI=1S/C50H45N3O/c1-3-33-18-15-16-31-49(2,32-33)48-52-46(34-19-5-4-6-20-34)51-47(53-48)37-22-8-7-21-35(37)36-24-17-28-42-45(36)38-23-9-10-25-39(38)50(42)40-26-11-13-29-43(40)54-44-30-14-12-27-41(44)50/h4-5,7-14,17,19,21-30,33H,3,6,15-16,18,20,31-32H2,1-2H3. The van der Waals surface area contributed by atoms with E-state index in [0.29, 0.717) is 5.92 Å². The van der Waals surface area contributed by atoms with Crippen molar-refractivity contribution in [1.82, 2.24) is 15.0 Å². The summed E-state index contributed by atoms with van der Waals surface area (Å²) in [5.74, 6) is 5.03. The fourth-order valence-electron chi connectivity index (χ4n) is 10.1. The number of ether oxygens (including phenoxy) is 1. The van der Waals surface area contributed by atoms with Crippen LogP contribution in [0.5, 0.6) is 11.5 Å². The lowest BCUT2D eigenvalue weighted by Crippen LogP contribution is -2.32. The molecule has 1 aromatic heterocycles. The van der Waals surface area contributed by atoms with Gasteiger partial charge in [-0.1, -0.05) is 161 Å². The van der Waals surface area contributed by atoms with Crippen LogP contribution in [0.4, 0.5) is 0 Å². The molecule has 2 atom stereocenters. The van der Waals surface area contributed by atoms with E-state index in [2.05, 4.69) is 147 Å². The Balaban J connectivity index is 1.21. The molecular weight excluding hydrogens is 659 g/mol. The highest BCUT2D eigenvalue weighted by Crippen LogP contribution is 2.63. The fraction of sp³-hybridized carbons (Fsp3) is 0.260. The summed E-state index contributed by atoms with van der Waals surface area (Å²) in [7, 11) is 0. The Kier molecular flexibility index (Phi) is 7.98. The molecule has 1 fully saturated rings. The first kappa shape index (κ1) is 33.0. The second-order valence-corrected chi connectivity index (χ2v) is 15.9. The summed E-state index contributed by atoms with van der Waals surface area (Å²) < 4.78 is 6.61. The molecule has 0 saturated heterocycles. The molecule has 4 nitrogen and oxygen atoms in total. The largest absolute Gasteiger partial charge is 0.457 e. The number of hydrogen-bond acceptors (Lipinski definition) is 4. The molecule has 0 radical (unpaired) electrons. The van der Waals surface area contributed by atoms with Gasteiger partial charge in [0.25, 0.3) is 0 Å². The summed E-state index contributed by atoms with van der Waals surface area (Å²) in [4.78, 5) is 16.2. The van der Waals surface area contributed by atoms with Crippen LogP contribution in [0.3, 0.4) is 0 Å². The van der Waals surface area contributed by atoms with Crippen molar-refractivity contribution in [3.05, 3.63) is 167 Å². The maximum absolute atomic E-state index is 6.61. The Bertz CT molecular complexity index is 2450. The average Bonchev–Trinajstić information content (AvgIpc) is 3.37. The number of allylic oxidation sites excluding steroid dienone is 4. The zero-order valence-corrected chi connectivity index (χ0v) is 31.2. The maximum atomic E-state index is 6.61. The van der Waals surface area contributed by atoms with E-state index in [1.54, 1.807) is 0 Å². The maximum Gasteiger partial charge on any atom is 0.164 e. The number of fused-ring (bicyclic) bond motifs is 9. The molecule has 54 heavy (non-hydrogen) atoms. The lowest BCUT2D eigenvalue weighted by atomic mass is 9.66. The molecule has 2 unspecified atom stereocenters. The van der Waals surface area contributed by atoms with Crippen molar-refractivity contribution in [3.63, 3.8) is 0 Å². The highest BCUT2D eigenvalue weighted by molar-refractivity contribution is 5.99. The van der Waals surface area contributed by atoms with Gasteiger partial charge in [-0.2, -0.15) is 0 Å². The molecular formula is C50H45N3O. The third-order valence-corrected chi connectivity index (χ3v) is 12.7. The first-order chi connectivity index (χ1) is 26.6. The Morgan fingerprint density at radius 2 is 1.30 bits per heavy atom. The molecule has 1 spiro atoms. The van der Waals surface area contributed by atoms with Gasteiger partial charge < -0.3 is 4.74 Å². The minimum atomic E-state index is -0.527. The van der Waals surface area contributed by atoms with Crippen LogP contribution in [0.2, 0.25) is 0 Å². The van der Waals surface area contributed by atoms with E-state index in [-0.39, 0.29) is 5.41 Å². The number of rotatable bonds is 5. The van der Waals surface area contributed by atoms with Crippen LogP contribution in [0.1, 0.15) is 99.1 Å². The van der Waals surface area contributed by atoms with E-state index in [0.717, 1.165) is 65.8 Å². The minimum Gasteiger partial charge on any atom is -0.457 e. The summed E-state index contributed by atoms with van der Waals surface area (Å²) in [5, 5.41) is 0. The number of nitrogens with zero attached hydrogens (tertiary/aromatic N) is 3. The predicted octanol–water partition coefficient (Wildman–Crippen LogP) is 12.7. The molecule has 3 aliphatic carbocycles. The summed E-state index contributed by atoms with van der Waals surface area (Å²) >= 11 is 0. The third kappa shape index (κ3) is 5.06. The van der Waals surface area contributed by atoms with Crippen molar-refractivity contribution >= 4 is 5.57 Å². The quantitative estimate of drug-likeness (QED) is 0.167. The lowest BCUT2D eigenvalue weighted by Gasteiger charge is -2.39. The van der Waals surface area contributed by atoms with E-state index < -0.39 is 5.41 Å². The number of benzene rings is 5. The van der Waals surface area contributed by atoms with Gasteiger partial charge in [0.05, 0.1) is 5.41 Å². The van der Waals surface area contributed by atoms with Gasteiger partial charge in [-0.05, 0) is 82.7 Å². The number of hydrogen-bond donors (Lipinski definition) is 0. The second-order valence-electron chi connectivity index (χ2n) is 15.9. The van der Waals surface area contributed by atoms with Crippen molar-refractivity contribution in [2.75, 3.05) is 0 Å². The minimum absolute atomic E-state index is 0.104. The molecule has 0 N–H and O–H groups in total. The number of para-hydroxylation sites is 2. The monoisotopic (exact) mass is 703 g/mol. The summed E-state index contributed by atoms with van der Waals surface area (Å²) in [6.07, 6.45) is 15.7. The summed E-state index contributed by atoms with van der Waals surface area (Å²) in [6, 6.07) is 41.7. The highest BCUT2D eigenvalue weighted by Gasteiger charge is 2.51. The molecule has 0 bridgehead atoms. The van der Waals surface area contributed by atoms with Gasteiger partial charge in [-0.15, -0.1) is 0 Å². The van der Waals surface area contributed by atoms with Gasteiger partial charge in [0.2, 0.25) is 0 Å². The average molecular weight is 704 g/mol. The normalized spacial score (nSPS) is 20.6. The van der Waals surface area contributed by atoms with Crippen LogP contribution < -0.4 is 4.74 Å². The van der Waals surface area contributed by atoms with Crippen LogP contribution >= 0.6 is 0 Å². The summed E-state index contributed by atoms with van der Waals surface area (Å²) in [5.41, 5.74) is 11.3. The van der Waals surface area contributed by atoms with Crippen molar-refractivity contribution < 1.29 is 4.74 Å². The highest BCUT2D eigenvalue weighted by atomic mass is 16.5. The Hall–Kier alpha value is -5.61. The summed E-state index contributed by atoms with van der Waals surface area (Å²) in [6.45, 7) is 4.75.